The second kappa shape index (κ2) is 13.1. The molecular weight excluding hydrogens is 464 g/mol. The van der Waals surface area contributed by atoms with Crippen LogP contribution in [0, 0.1) is 5.92 Å². The number of aromatic nitrogens is 1. The summed E-state index contributed by atoms with van der Waals surface area (Å²) in [7, 11) is 0. The summed E-state index contributed by atoms with van der Waals surface area (Å²) >= 11 is 0. The van der Waals surface area contributed by atoms with Crippen LogP contribution in [0.25, 0.3) is 10.9 Å². The summed E-state index contributed by atoms with van der Waals surface area (Å²) in [6, 6.07) is 15.5. The molecule has 0 saturated carbocycles. The van der Waals surface area contributed by atoms with Crippen LogP contribution in [-0.2, 0) is 27.1 Å². The first-order chi connectivity index (χ1) is 16.6. The maximum Gasteiger partial charge on any atom is 0.338 e. The van der Waals surface area contributed by atoms with E-state index < -0.39 is 0 Å². The normalized spacial score (nSPS) is 15.6. The van der Waals surface area contributed by atoms with Crippen LogP contribution in [0.1, 0.15) is 41.3 Å². The number of aryl methyl sites for hydroxylation is 1. The van der Waals surface area contributed by atoms with E-state index in [1.54, 1.807) is 0 Å². The van der Waals surface area contributed by atoms with E-state index in [1.165, 1.54) is 5.56 Å². The minimum atomic E-state index is -0.317. The first kappa shape index (κ1) is 26.5. The van der Waals surface area contributed by atoms with Crippen molar-refractivity contribution in [2.24, 2.45) is 5.92 Å². The fraction of sp³-hybridized carbons (Fsp3) is 0.357. The highest BCUT2D eigenvalue weighted by Gasteiger charge is 2.18. The number of hydrogen-bond acceptors (Lipinski definition) is 5. The summed E-state index contributed by atoms with van der Waals surface area (Å²) in [4.78, 5) is 28.1. The van der Waals surface area contributed by atoms with Gasteiger partial charge in [0, 0.05) is 36.1 Å². The van der Waals surface area contributed by atoms with Crippen LogP contribution >= 0.6 is 12.4 Å². The van der Waals surface area contributed by atoms with Crippen LogP contribution in [0.2, 0.25) is 0 Å². The van der Waals surface area contributed by atoms with Crippen LogP contribution < -0.4 is 5.32 Å². The number of fused-ring (bicyclic) bond motifs is 1. The Morgan fingerprint density at radius 1 is 1.06 bits per heavy atom. The molecule has 0 fully saturated rings. The molecule has 2 aromatic carbocycles. The standard InChI is InChI=1S/C28H32N2O4.ClH/c1-2-5-20-8-10-23(11-9-20)28(32)34-18-21-12-13-29-16-22(14-21)19-33-27(31)15-24-17-30-26-7-4-3-6-25(24)26;/h3-4,6-12,17,22,29-30H,2,5,13-16,18-19H2,1H3;1H. The summed E-state index contributed by atoms with van der Waals surface area (Å²) in [6.07, 6.45) is 6.96. The van der Waals surface area contributed by atoms with Crippen LogP contribution in [0.15, 0.2) is 66.4 Å². The Bertz CT molecular complexity index is 1150. The Morgan fingerprint density at radius 3 is 2.66 bits per heavy atom. The molecule has 0 aliphatic carbocycles. The van der Waals surface area contributed by atoms with Crippen LogP contribution in [0.5, 0.6) is 0 Å². The van der Waals surface area contributed by atoms with Crippen molar-refractivity contribution in [3.63, 3.8) is 0 Å². The van der Waals surface area contributed by atoms with E-state index in [2.05, 4.69) is 23.3 Å². The minimum absolute atomic E-state index is 0. The Balaban J connectivity index is 0.00000342. The van der Waals surface area contributed by atoms with Crippen LogP contribution in [0.3, 0.4) is 0 Å². The summed E-state index contributed by atoms with van der Waals surface area (Å²) in [5, 5.41) is 4.39. The van der Waals surface area contributed by atoms with Gasteiger partial charge in [0.15, 0.2) is 0 Å². The van der Waals surface area contributed by atoms with Gasteiger partial charge in [0.25, 0.3) is 0 Å². The van der Waals surface area contributed by atoms with Crippen molar-refractivity contribution in [2.75, 3.05) is 26.3 Å². The fourth-order valence-electron chi connectivity index (χ4n) is 4.30. The van der Waals surface area contributed by atoms with Gasteiger partial charge < -0.3 is 19.8 Å². The predicted molar refractivity (Wildman–Crippen MR) is 140 cm³/mol. The average Bonchev–Trinajstić information content (AvgIpc) is 3.11. The minimum Gasteiger partial charge on any atom is -0.465 e. The zero-order valence-corrected chi connectivity index (χ0v) is 20.9. The fourth-order valence-corrected chi connectivity index (χ4v) is 4.30. The zero-order chi connectivity index (χ0) is 23.8. The number of hydrogen-bond donors (Lipinski definition) is 2. The molecule has 1 aromatic heterocycles. The SMILES string of the molecule is CCCc1ccc(C(=O)OCC2=CCNCC(COC(=O)Cc3c[nH]c4ccccc34)C2)cc1.Cl. The molecule has 2 N–H and O–H groups in total. The average molecular weight is 497 g/mol. The Kier molecular flexibility index (Phi) is 9.94. The maximum absolute atomic E-state index is 12.5. The van der Waals surface area contributed by atoms with Crippen molar-refractivity contribution in [3.8, 4) is 0 Å². The quantitative estimate of drug-likeness (QED) is 0.321. The Morgan fingerprint density at radius 2 is 1.86 bits per heavy atom. The van der Waals surface area contributed by atoms with Crippen molar-refractivity contribution < 1.29 is 19.1 Å². The highest BCUT2D eigenvalue weighted by molar-refractivity contribution is 5.89. The van der Waals surface area contributed by atoms with Gasteiger partial charge in [-0.25, -0.2) is 4.79 Å². The third kappa shape index (κ3) is 7.44. The molecule has 0 bridgehead atoms. The zero-order valence-electron chi connectivity index (χ0n) is 20.0. The molecule has 6 nitrogen and oxygen atoms in total. The number of para-hydroxylation sites is 1. The van der Waals surface area contributed by atoms with E-state index in [1.807, 2.05) is 54.7 Å². The van der Waals surface area contributed by atoms with E-state index in [0.29, 0.717) is 18.7 Å². The molecule has 186 valence electrons. The number of carbonyl (C=O) groups excluding carboxylic acids is 2. The van der Waals surface area contributed by atoms with Gasteiger partial charge in [0.1, 0.15) is 6.61 Å². The van der Waals surface area contributed by atoms with Crippen LogP contribution in [-0.4, -0.2) is 43.2 Å². The third-order valence-corrected chi connectivity index (χ3v) is 6.13. The number of ether oxygens (including phenoxy) is 2. The second-order valence-electron chi connectivity index (χ2n) is 8.83. The van der Waals surface area contributed by atoms with Crippen molar-refractivity contribution in [2.45, 2.75) is 32.6 Å². The number of esters is 2. The molecule has 1 aliphatic rings. The summed E-state index contributed by atoms with van der Waals surface area (Å²) < 4.78 is 11.2. The number of aromatic amines is 1. The van der Waals surface area contributed by atoms with Crippen molar-refractivity contribution >= 4 is 35.2 Å². The van der Waals surface area contributed by atoms with Gasteiger partial charge in [-0.1, -0.05) is 49.8 Å². The lowest BCUT2D eigenvalue weighted by molar-refractivity contribution is -0.144. The lowest BCUT2D eigenvalue weighted by Crippen LogP contribution is -2.26. The summed E-state index contributed by atoms with van der Waals surface area (Å²) in [6.45, 7) is 4.16. The molecule has 0 radical (unpaired) electrons. The molecule has 35 heavy (non-hydrogen) atoms. The first-order valence-electron chi connectivity index (χ1n) is 12.0. The number of halogens is 1. The molecule has 1 atom stereocenters. The van der Waals surface area contributed by atoms with Gasteiger partial charge in [-0.05, 0) is 47.7 Å². The molecule has 4 rings (SSSR count). The molecule has 1 unspecified atom stereocenters. The molecule has 3 aromatic rings. The Hall–Kier alpha value is -3.09. The molecule has 0 amide bonds. The number of carbonyl (C=O) groups is 2. The first-order valence-corrected chi connectivity index (χ1v) is 12.0. The smallest absolute Gasteiger partial charge is 0.338 e. The Labute approximate surface area is 212 Å². The van der Waals surface area contributed by atoms with Crippen molar-refractivity contribution in [3.05, 3.63) is 83.1 Å². The molecule has 0 spiro atoms. The van der Waals surface area contributed by atoms with Gasteiger partial charge in [-0.2, -0.15) is 0 Å². The second-order valence-corrected chi connectivity index (χ2v) is 8.83. The summed E-state index contributed by atoms with van der Waals surface area (Å²) in [5.74, 6) is -0.423. The molecule has 1 aliphatic heterocycles. The van der Waals surface area contributed by atoms with E-state index in [4.69, 9.17) is 9.47 Å². The highest BCUT2D eigenvalue weighted by Crippen LogP contribution is 2.20. The van der Waals surface area contributed by atoms with E-state index in [0.717, 1.165) is 47.8 Å². The van der Waals surface area contributed by atoms with Gasteiger partial charge in [0.05, 0.1) is 18.6 Å². The van der Waals surface area contributed by atoms with Crippen LogP contribution in [0.4, 0.5) is 0 Å². The largest absolute Gasteiger partial charge is 0.465 e. The number of nitrogens with one attached hydrogen (secondary N) is 2. The number of rotatable bonds is 9. The predicted octanol–water partition coefficient (Wildman–Crippen LogP) is 5.02. The van der Waals surface area contributed by atoms with Crippen molar-refractivity contribution in [1.29, 1.82) is 0 Å². The van der Waals surface area contributed by atoms with Gasteiger partial charge in [0.2, 0.25) is 0 Å². The molecular formula is C28H33ClN2O4. The molecule has 0 saturated heterocycles. The molecule has 7 heteroatoms. The lowest BCUT2D eigenvalue weighted by Gasteiger charge is -2.17. The topological polar surface area (TPSA) is 80.4 Å². The number of benzene rings is 2. The van der Waals surface area contributed by atoms with Gasteiger partial charge in [-0.3, -0.25) is 4.79 Å². The van der Waals surface area contributed by atoms with Crippen molar-refractivity contribution in [1.82, 2.24) is 10.3 Å². The lowest BCUT2D eigenvalue weighted by atomic mass is 10.0. The number of H-pyrrole nitrogens is 1. The van der Waals surface area contributed by atoms with E-state index in [9.17, 15) is 9.59 Å². The summed E-state index contributed by atoms with van der Waals surface area (Å²) in [5.41, 5.74) is 4.78. The highest BCUT2D eigenvalue weighted by atomic mass is 35.5. The van der Waals surface area contributed by atoms with Gasteiger partial charge >= 0.3 is 11.9 Å². The van der Waals surface area contributed by atoms with E-state index >= 15 is 0 Å². The maximum atomic E-state index is 12.5. The van der Waals surface area contributed by atoms with E-state index in [-0.39, 0.29) is 43.3 Å². The van der Waals surface area contributed by atoms with Gasteiger partial charge in [-0.15, -0.1) is 12.4 Å². The third-order valence-electron chi connectivity index (χ3n) is 6.13. The molecule has 2 heterocycles. The monoisotopic (exact) mass is 496 g/mol.